The number of ether oxygens (including phenoxy) is 4. The van der Waals surface area contributed by atoms with E-state index in [9.17, 15) is 20.4 Å². The molecular formula is C54H71IN12O8. The molecule has 402 valence electrons. The number of fused-ring (bicyclic) bond motifs is 3. The van der Waals surface area contributed by atoms with Gasteiger partial charge in [0.1, 0.15) is 57.1 Å². The Labute approximate surface area is 450 Å². The van der Waals surface area contributed by atoms with Crippen molar-refractivity contribution in [3.05, 3.63) is 142 Å². The van der Waals surface area contributed by atoms with E-state index in [-0.39, 0.29) is 42.0 Å². The molecule has 2 fully saturated rings. The number of benzene rings is 2. The van der Waals surface area contributed by atoms with Crippen molar-refractivity contribution in [2.75, 3.05) is 17.2 Å². The number of halogens is 1. The molecule has 0 amide bonds. The van der Waals surface area contributed by atoms with Crippen molar-refractivity contribution in [1.82, 2.24) is 43.8 Å². The molecule has 12 atom stereocenters. The number of nitrogens with zero attached hydrogens (tertiary/aromatic N) is 9. The van der Waals surface area contributed by atoms with E-state index in [2.05, 4.69) is 66.7 Å². The van der Waals surface area contributed by atoms with Gasteiger partial charge >= 0.3 is 0 Å². The average molecular weight is 1140 g/mol. The lowest BCUT2D eigenvalue weighted by Gasteiger charge is -2.29. The molecule has 2 aromatic carbocycles. The normalized spacial score (nSPS) is 23.9. The van der Waals surface area contributed by atoms with Crippen LogP contribution in [-0.2, 0) is 37.9 Å². The van der Waals surface area contributed by atoms with Gasteiger partial charge < -0.3 is 56.6 Å². The predicted molar refractivity (Wildman–Crippen MR) is 293 cm³/mol. The molecule has 0 radical (unpaired) electrons. The Hall–Kier alpha value is -5.89. The van der Waals surface area contributed by atoms with Gasteiger partial charge in [0.15, 0.2) is 23.7 Å². The molecule has 0 saturated carbocycles. The smallest absolute Gasteiger partial charge is 0.237 e. The van der Waals surface area contributed by atoms with Gasteiger partial charge in [-0.3, -0.25) is 0 Å². The van der Waals surface area contributed by atoms with Crippen LogP contribution in [0.3, 0.4) is 0 Å². The summed E-state index contributed by atoms with van der Waals surface area (Å²) in [5, 5.41) is 54.3. The first kappa shape index (κ1) is 56.8. The van der Waals surface area contributed by atoms with Crippen molar-refractivity contribution >= 4 is 56.6 Å². The molecule has 8 aromatic rings. The zero-order chi connectivity index (χ0) is 54.0. The van der Waals surface area contributed by atoms with E-state index in [1.54, 1.807) is 37.8 Å². The van der Waals surface area contributed by atoms with Crippen molar-refractivity contribution in [2.24, 2.45) is 23.7 Å². The van der Waals surface area contributed by atoms with Gasteiger partial charge in [0, 0.05) is 11.8 Å². The van der Waals surface area contributed by atoms with Crippen LogP contribution in [0, 0.1) is 27.4 Å². The minimum absolute atomic E-state index is 0.00782. The predicted octanol–water partition coefficient (Wildman–Crippen LogP) is 7.13. The largest absolute Gasteiger partial charge is 0.393 e. The lowest BCUT2D eigenvalue weighted by molar-refractivity contribution is -0.251. The fourth-order valence-corrected chi connectivity index (χ4v) is 10.1. The minimum atomic E-state index is -1.62. The van der Waals surface area contributed by atoms with Crippen molar-refractivity contribution < 1.29 is 39.4 Å². The fourth-order valence-electron chi connectivity index (χ4n) is 9.58. The van der Waals surface area contributed by atoms with Crippen LogP contribution in [0.15, 0.2) is 116 Å². The van der Waals surface area contributed by atoms with E-state index in [1.165, 1.54) is 19.0 Å². The lowest BCUT2D eigenvalue weighted by Crippen LogP contribution is -2.41. The number of nitrogens with two attached hydrogens (primary N) is 3. The maximum atomic E-state index is 11.6. The summed E-state index contributed by atoms with van der Waals surface area (Å²) in [6.45, 7) is 14.9. The van der Waals surface area contributed by atoms with E-state index < -0.39 is 30.4 Å². The van der Waals surface area contributed by atoms with Crippen LogP contribution in [0.25, 0.3) is 16.6 Å². The third kappa shape index (κ3) is 12.9. The van der Waals surface area contributed by atoms with Gasteiger partial charge in [0.25, 0.3) is 0 Å². The molecule has 0 bridgehead atoms. The minimum Gasteiger partial charge on any atom is -0.393 e. The molecule has 3 unspecified atom stereocenters. The summed E-state index contributed by atoms with van der Waals surface area (Å²) in [6, 6.07) is 30.9. The van der Waals surface area contributed by atoms with Crippen LogP contribution >= 0.6 is 22.6 Å². The van der Waals surface area contributed by atoms with Crippen LogP contribution in [0.4, 0.5) is 17.5 Å². The highest BCUT2D eigenvalue weighted by atomic mass is 127. The third-order valence-corrected chi connectivity index (χ3v) is 15.1. The highest BCUT2D eigenvalue weighted by molar-refractivity contribution is 14.1. The van der Waals surface area contributed by atoms with E-state index in [4.69, 9.17) is 36.1 Å². The fraction of sp³-hybridized carbons (Fsp3) is 0.444. The second-order valence-corrected chi connectivity index (χ2v) is 20.1. The Morgan fingerprint density at radius 3 is 1.71 bits per heavy atom. The highest BCUT2D eigenvalue weighted by Gasteiger charge is 2.55. The van der Waals surface area contributed by atoms with Crippen LogP contribution in [0.1, 0.15) is 96.3 Å². The zero-order valence-corrected chi connectivity index (χ0v) is 45.6. The maximum absolute atomic E-state index is 11.6. The van der Waals surface area contributed by atoms with Crippen molar-refractivity contribution in [3.8, 4) is 0 Å². The van der Waals surface area contributed by atoms with E-state index in [0.29, 0.717) is 59.5 Å². The molecule has 0 spiro atoms. The number of aromatic nitrogens is 9. The van der Waals surface area contributed by atoms with Gasteiger partial charge in [-0.25, -0.2) is 28.5 Å². The molecule has 2 aliphatic rings. The van der Waals surface area contributed by atoms with E-state index in [1.807, 2.05) is 107 Å². The van der Waals surface area contributed by atoms with Gasteiger partial charge in [-0.05, 0) is 101 Å². The SMILES string of the molecule is CC[C@@H](O)[C@@H](C)[C@@H](C)C(O)c1ccc2c(N)ncnn12.CC[C@H]1OC(O)(c2ccc3c(N)ncnn23)[C@H](OCc2ccccc2)[C@@H]1C.CC[C@H]1OC(O)[C@H](OCc2ccccc2)[C@@H]1C.Nc1ncnn2c(I)ccc12. The van der Waals surface area contributed by atoms with Gasteiger partial charge in [0.2, 0.25) is 5.79 Å². The van der Waals surface area contributed by atoms with Crippen LogP contribution < -0.4 is 17.2 Å². The summed E-state index contributed by atoms with van der Waals surface area (Å²) in [7, 11) is 0. The number of rotatable bonds is 14. The maximum Gasteiger partial charge on any atom is 0.237 e. The summed E-state index contributed by atoms with van der Waals surface area (Å²) < 4.78 is 29.5. The summed E-state index contributed by atoms with van der Waals surface area (Å²) in [6.07, 6.45) is 3.80. The first-order chi connectivity index (χ1) is 36.0. The van der Waals surface area contributed by atoms with E-state index in [0.717, 1.165) is 33.2 Å². The zero-order valence-electron chi connectivity index (χ0n) is 43.4. The highest BCUT2D eigenvalue weighted by Crippen LogP contribution is 2.44. The molecular weight excluding hydrogens is 1070 g/mol. The quantitative estimate of drug-likeness (QED) is 0.0533. The number of aliphatic hydroxyl groups is 4. The summed E-state index contributed by atoms with van der Waals surface area (Å²) in [4.78, 5) is 11.8. The molecule has 0 aliphatic carbocycles. The molecule has 20 nitrogen and oxygen atoms in total. The van der Waals surface area contributed by atoms with E-state index >= 15 is 0 Å². The second-order valence-electron chi connectivity index (χ2n) is 19.0. The molecule has 2 saturated heterocycles. The molecule has 75 heavy (non-hydrogen) atoms. The first-order valence-electron chi connectivity index (χ1n) is 25.3. The number of anilines is 3. The summed E-state index contributed by atoms with van der Waals surface area (Å²) >= 11 is 2.19. The van der Waals surface area contributed by atoms with Gasteiger partial charge in [-0.15, -0.1) is 0 Å². The number of aliphatic hydroxyl groups excluding tert-OH is 3. The molecule has 6 aromatic heterocycles. The Bertz CT molecular complexity index is 3040. The monoisotopic (exact) mass is 1140 g/mol. The Morgan fingerprint density at radius 2 is 1.16 bits per heavy atom. The standard InChI is InChI=1S/C20H24N4O3.C14H22N4O2.C14H20O3.C6H5IN4/c1-3-16-13(2)18(26-11-14-7-5-4-6-8-14)20(25,27-16)17-10-9-15-19(21)22-12-23-24(15)17;1-4-12(19)8(2)9(3)13(20)10-5-6-11-14(15)16-7-17-18(10)11;1-3-12-10(2)13(14(15)17-12)16-9-11-7-5-4-6-8-11;7-5-2-1-4-6(8)9-3-10-11(4)5/h4-10,12-13,16,18,25H,3,11H2,1-2H3,(H2,21,22,23);5-9,12-13,19-20H,4H2,1-3H3,(H2,15,16,17);4-8,10,12-15H,3,9H2,1-2H3;1-3H,(H2,8,9,10)/t13-,16-,18-,20?;8-,9+,12+,13?;10-,12-,13-,14?;/m101./s1. The lowest BCUT2D eigenvalue weighted by atomic mass is 9.84. The Morgan fingerprint density at radius 1 is 0.653 bits per heavy atom. The first-order valence-corrected chi connectivity index (χ1v) is 26.4. The van der Waals surface area contributed by atoms with Gasteiger partial charge in [-0.2, -0.15) is 15.3 Å². The van der Waals surface area contributed by atoms with Crippen LogP contribution in [-0.4, -0.2) is 101 Å². The number of hydrogen-bond acceptors (Lipinski definition) is 17. The van der Waals surface area contributed by atoms with Crippen molar-refractivity contribution in [1.29, 1.82) is 0 Å². The molecule has 10 N–H and O–H groups in total. The molecule has 8 heterocycles. The second kappa shape index (κ2) is 25.8. The van der Waals surface area contributed by atoms with Gasteiger partial charge in [0.05, 0.1) is 43.3 Å². The van der Waals surface area contributed by atoms with Gasteiger partial charge in [-0.1, -0.05) is 109 Å². The summed E-state index contributed by atoms with van der Waals surface area (Å²) in [5.74, 6) is -0.247. The number of hydrogen-bond donors (Lipinski definition) is 7. The van der Waals surface area contributed by atoms with Crippen molar-refractivity contribution in [2.45, 2.75) is 130 Å². The molecule has 21 heteroatoms. The molecule has 2 aliphatic heterocycles. The third-order valence-electron chi connectivity index (χ3n) is 14.3. The van der Waals surface area contributed by atoms with Crippen molar-refractivity contribution in [3.63, 3.8) is 0 Å². The van der Waals surface area contributed by atoms with Crippen LogP contribution in [0.5, 0.6) is 0 Å². The summed E-state index contributed by atoms with van der Waals surface area (Å²) in [5.41, 5.74) is 22.8. The average Bonchev–Trinajstić information content (AvgIpc) is 4.27. The van der Waals surface area contributed by atoms with Crippen LogP contribution in [0.2, 0.25) is 0 Å². The number of nitrogen functional groups attached to an aromatic ring is 3. The topological polar surface area (TPSA) is 286 Å². The Balaban J connectivity index is 0.000000152. The Kier molecular flexibility index (Phi) is 19.5. The molecule has 10 rings (SSSR count).